The Morgan fingerprint density at radius 2 is 2.38 bits per heavy atom. The van der Waals surface area contributed by atoms with Crippen molar-refractivity contribution in [2.24, 2.45) is 0 Å². The predicted molar refractivity (Wildman–Crippen MR) is 68.1 cm³/mol. The van der Waals surface area contributed by atoms with Crippen LogP contribution in [0.25, 0.3) is 0 Å². The normalized spacial score (nSPS) is 27.4. The number of aromatic nitrogens is 2. The first-order valence-corrected chi connectivity index (χ1v) is 7.94. The fourth-order valence-electron chi connectivity index (χ4n) is 1.93. The van der Waals surface area contributed by atoms with Gasteiger partial charge in [0.1, 0.15) is 5.82 Å². The van der Waals surface area contributed by atoms with Gasteiger partial charge in [-0.1, -0.05) is 0 Å². The summed E-state index contributed by atoms with van der Waals surface area (Å²) < 4.78 is 49.1. The first kappa shape index (κ1) is 16.0. The summed E-state index contributed by atoms with van der Waals surface area (Å²) in [4.78, 5) is 23.9. The third-order valence-electron chi connectivity index (χ3n) is 2.79. The molecule has 3 atom stereocenters. The van der Waals surface area contributed by atoms with Crippen LogP contribution in [0, 0.1) is 0 Å². The third kappa shape index (κ3) is 3.85. The average Bonchev–Trinajstić information content (AvgIpc) is 2.61. The molecule has 0 spiro atoms. The molecular weight excluding hydrogens is 311 g/mol. The van der Waals surface area contributed by atoms with Crippen LogP contribution in [-0.2, 0) is 13.8 Å². The lowest BCUT2D eigenvalue weighted by Crippen LogP contribution is -2.35. The summed E-state index contributed by atoms with van der Waals surface area (Å²) in [6.07, 6.45) is -2.66. The van der Waals surface area contributed by atoms with E-state index in [1.54, 1.807) is 0 Å². The van der Waals surface area contributed by atoms with Crippen LogP contribution in [0.3, 0.4) is 0 Å². The van der Waals surface area contributed by atoms with Crippen molar-refractivity contribution in [2.75, 3.05) is 19.0 Å². The molecule has 2 rings (SSSR count). The Labute approximate surface area is 118 Å². The Balaban J connectivity index is 2.17. The maximum Gasteiger partial charge on any atom is 0.351 e. The van der Waals surface area contributed by atoms with E-state index in [1.165, 1.54) is 6.07 Å². The SMILES string of the molecule is CP(=O)(O)OCC1CC(F)(F)[C@H](n2ccc(N)nc2=O)O1. The Kier molecular flexibility index (Phi) is 4.16. The number of nitrogen functional groups attached to an aromatic ring is 1. The van der Waals surface area contributed by atoms with E-state index in [2.05, 4.69) is 9.51 Å². The van der Waals surface area contributed by atoms with E-state index in [4.69, 9.17) is 15.4 Å². The second-order valence-corrected chi connectivity index (χ2v) is 6.58. The summed E-state index contributed by atoms with van der Waals surface area (Å²) >= 11 is 0. The summed E-state index contributed by atoms with van der Waals surface area (Å²) in [5.74, 6) is -3.44. The number of ether oxygens (including phenoxy) is 1. The average molecular weight is 325 g/mol. The molecule has 0 aliphatic carbocycles. The van der Waals surface area contributed by atoms with Crippen LogP contribution >= 0.6 is 7.60 Å². The van der Waals surface area contributed by atoms with Gasteiger partial charge in [0.2, 0.25) is 6.23 Å². The summed E-state index contributed by atoms with van der Waals surface area (Å²) in [5, 5.41) is 0. The molecule has 0 aromatic carbocycles. The largest absolute Gasteiger partial charge is 0.383 e. The van der Waals surface area contributed by atoms with E-state index >= 15 is 0 Å². The minimum absolute atomic E-state index is 0.0929. The summed E-state index contributed by atoms with van der Waals surface area (Å²) in [5.41, 5.74) is 4.32. The smallest absolute Gasteiger partial charge is 0.351 e. The lowest BCUT2D eigenvalue weighted by Gasteiger charge is -2.19. The van der Waals surface area contributed by atoms with Crippen molar-refractivity contribution < 1.29 is 27.5 Å². The van der Waals surface area contributed by atoms with Gasteiger partial charge in [0.15, 0.2) is 0 Å². The Hall–Kier alpha value is -1.35. The number of rotatable bonds is 4. The zero-order chi connectivity index (χ0) is 15.8. The van der Waals surface area contributed by atoms with Crippen molar-refractivity contribution >= 4 is 13.4 Å². The van der Waals surface area contributed by atoms with E-state index in [0.29, 0.717) is 4.57 Å². The second-order valence-electron chi connectivity index (χ2n) is 4.72. The van der Waals surface area contributed by atoms with Gasteiger partial charge in [-0.2, -0.15) is 4.98 Å². The van der Waals surface area contributed by atoms with Crippen molar-refractivity contribution in [1.29, 1.82) is 0 Å². The van der Waals surface area contributed by atoms with Crippen LogP contribution in [0.4, 0.5) is 14.6 Å². The van der Waals surface area contributed by atoms with Crippen LogP contribution in [0.5, 0.6) is 0 Å². The molecule has 0 amide bonds. The summed E-state index contributed by atoms with van der Waals surface area (Å²) in [7, 11) is -3.79. The number of hydrogen-bond acceptors (Lipinski definition) is 6. The standard InChI is InChI=1S/C10H14F2N3O5P/c1-21(17,18)19-5-6-4-10(11,12)8(20-6)15-3-2-7(13)14-9(15)16/h2-3,6,8H,4-5H2,1H3,(H,17,18)(H2,13,14,16)/t6?,8-/m1/s1. The number of halogens is 2. The molecule has 2 heterocycles. The lowest BCUT2D eigenvalue weighted by atomic mass is 10.2. The van der Waals surface area contributed by atoms with E-state index in [9.17, 15) is 18.1 Å². The van der Waals surface area contributed by atoms with Gasteiger partial charge in [0.05, 0.1) is 12.7 Å². The van der Waals surface area contributed by atoms with Crippen LogP contribution < -0.4 is 11.4 Å². The number of alkyl halides is 2. The number of nitrogens with zero attached hydrogens (tertiary/aromatic N) is 2. The maximum absolute atomic E-state index is 13.9. The number of nitrogens with two attached hydrogens (primary N) is 1. The number of hydrogen-bond donors (Lipinski definition) is 2. The van der Waals surface area contributed by atoms with Crippen molar-refractivity contribution in [2.45, 2.75) is 24.7 Å². The van der Waals surface area contributed by atoms with Crippen LogP contribution in [0.15, 0.2) is 17.1 Å². The molecule has 2 unspecified atom stereocenters. The number of anilines is 1. The van der Waals surface area contributed by atoms with Crippen molar-refractivity contribution in [3.63, 3.8) is 0 Å². The monoisotopic (exact) mass is 325 g/mol. The molecular formula is C10H14F2N3O5P. The van der Waals surface area contributed by atoms with E-state index in [1.807, 2.05) is 0 Å². The molecule has 0 saturated carbocycles. The first-order valence-electron chi connectivity index (χ1n) is 5.91. The molecule has 0 bridgehead atoms. The molecule has 11 heteroatoms. The molecule has 3 N–H and O–H groups in total. The van der Waals surface area contributed by atoms with E-state index < -0.39 is 44.6 Å². The van der Waals surface area contributed by atoms with Crippen molar-refractivity contribution in [1.82, 2.24) is 9.55 Å². The molecule has 21 heavy (non-hydrogen) atoms. The highest BCUT2D eigenvalue weighted by molar-refractivity contribution is 7.51. The lowest BCUT2D eigenvalue weighted by molar-refractivity contribution is -0.119. The third-order valence-corrected chi connectivity index (χ3v) is 3.41. The molecule has 0 radical (unpaired) electrons. The molecule has 1 aromatic heterocycles. The van der Waals surface area contributed by atoms with Gasteiger partial charge in [0.25, 0.3) is 5.92 Å². The topological polar surface area (TPSA) is 117 Å². The molecule has 1 fully saturated rings. The van der Waals surface area contributed by atoms with Crippen LogP contribution in [-0.4, -0.2) is 39.7 Å². The molecule has 1 saturated heterocycles. The fourth-order valence-corrected chi connectivity index (χ4v) is 2.37. The minimum atomic E-state index is -3.79. The van der Waals surface area contributed by atoms with E-state index in [-0.39, 0.29) is 5.82 Å². The van der Waals surface area contributed by atoms with Crippen LogP contribution in [0.2, 0.25) is 0 Å². The quantitative estimate of drug-likeness (QED) is 0.778. The summed E-state index contributed by atoms with van der Waals surface area (Å²) in [6.45, 7) is 0.458. The van der Waals surface area contributed by atoms with Crippen molar-refractivity contribution in [3.8, 4) is 0 Å². The van der Waals surface area contributed by atoms with Gasteiger partial charge in [0, 0.05) is 19.3 Å². The van der Waals surface area contributed by atoms with Gasteiger partial charge >= 0.3 is 13.3 Å². The van der Waals surface area contributed by atoms with Gasteiger partial charge in [-0.3, -0.25) is 9.13 Å². The molecule has 8 nitrogen and oxygen atoms in total. The maximum atomic E-state index is 13.9. The Morgan fingerprint density at radius 3 is 2.95 bits per heavy atom. The van der Waals surface area contributed by atoms with Gasteiger partial charge in [-0.25, -0.2) is 13.6 Å². The van der Waals surface area contributed by atoms with Crippen LogP contribution in [0.1, 0.15) is 12.6 Å². The first-order chi connectivity index (χ1) is 9.58. The molecule has 118 valence electrons. The predicted octanol–water partition coefficient (Wildman–Crippen LogP) is 0.580. The summed E-state index contributed by atoms with van der Waals surface area (Å²) in [6, 6.07) is 1.19. The zero-order valence-corrected chi connectivity index (χ0v) is 11.9. The highest BCUT2D eigenvalue weighted by atomic mass is 31.2. The van der Waals surface area contributed by atoms with Gasteiger partial charge in [-0.15, -0.1) is 0 Å². The molecule has 1 aliphatic rings. The van der Waals surface area contributed by atoms with Gasteiger partial charge in [-0.05, 0) is 6.07 Å². The highest BCUT2D eigenvalue weighted by Gasteiger charge is 2.52. The highest BCUT2D eigenvalue weighted by Crippen LogP contribution is 2.44. The molecule has 1 aromatic rings. The molecule has 1 aliphatic heterocycles. The van der Waals surface area contributed by atoms with Crippen molar-refractivity contribution in [3.05, 3.63) is 22.7 Å². The van der Waals surface area contributed by atoms with E-state index in [0.717, 1.165) is 12.9 Å². The minimum Gasteiger partial charge on any atom is -0.383 e. The zero-order valence-electron chi connectivity index (χ0n) is 11.0. The fraction of sp³-hybridized carbons (Fsp3) is 0.600. The second kappa shape index (κ2) is 5.45. The Morgan fingerprint density at radius 1 is 1.71 bits per heavy atom. The Bertz CT molecular complexity index is 631. The van der Waals surface area contributed by atoms with Gasteiger partial charge < -0.3 is 19.9 Å².